The number of aromatic amines is 1. The van der Waals surface area contributed by atoms with Gasteiger partial charge in [-0.05, 0) is 36.8 Å². The Labute approximate surface area is 168 Å². The van der Waals surface area contributed by atoms with Gasteiger partial charge in [-0.2, -0.15) is 0 Å². The van der Waals surface area contributed by atoms with Crippen molar-refractivity contribution in [3.8, 4) is 5.75 Å². The quantitative estimate of drug-likeness (QED) is 0.403. The lowest BCUT2D eigenvalue weighted by molar-refractivity contribution is -0.121. The first-order valence-electron chi connectivity index (χ1n) is 9.50. The summed E-state index contributed by atoms with van der Waals surface area (Å²) in [5, 5.41) is 0.765. The van der Waals surface area contributed by atoms with E-state index in [0.717, 1.165) is 17.3 Å². The number of nitrogens with one attached hydrogen (secondary N) is 3. The Kier molecular flexibility index (Phi) is 6.63. The smallest absolute Gasteiger partial charge is 0.271 e. The standard InChI is InChI=1S/C22H23N3O4/c1-2-13-29-16-9-7-15(8-10-16)20(26)11-12-21(27)24-25-22(28)18-14-23-19-6-4-3-5-17(18)19/h3-10,14,23H,2,11-13H2,1H3,(H,24,27)(H,25,28). The number of H-pyrrole nitrogens is 1. The number of aromatic nitrogens is 1. The Bertz CT molecular complexity index is 1010. The number of ketones is 1. The maximum atomic E-state index is 12.3. The SMILES string of the molecule is CCCOc1ccc(C(=O)CCC(=O)NNC(=O)c2c[nH]c3ccccc23)cc1. The number of hydrogen-bond acceptors (Lipinski definition) is 4. The van der Waals surface area contributed by atoms with Gasteiger partial charge in [0, 0.05) is 35.5 Å². The summed E-state index contributed by atoms with van der Waals surface area (Å²) in [6, 6.07) is 14.2. The van der Waals surface area contributed by atoms with E-state index in [-0.39, 0.29) is 18.6 Å². The molecule has 0 saturated carbocycles. The van der Waals surface area contributed by atoms with Gasteiger partial charge < -0.3 is 9.72 Å². The molecule has 0 unspecified atom stereocenters. The maximum absolute atomic E-state index is 12.3. The van der Waals surface area contributed by atoms with Crippen molar-refractivity contribution in [2.24, 2.45) is 0 Å². The molecule has 29 heavy (non-hydrogen) atoms. The molecule has 0 saturated heterocycles. The van der Waals surface area contributed by atoms with Crippen molar-refractivity contribution >= 4 is 28.5 Å². The van der Waals surface area contributed by atoms with Crippen LogP contribution in [-0.2, 0) is 4.79 Å². The molecular formula is C22H23N3O4. The molecule has 7 heteroatoms. The minimum atomic E-state index is -0.436. The van der Waals surface area contributed by atoms with Crippen LogP contribution in [0.5, 0.6) is 5.75 Å². The van der Waals surface area contributed by atoms with Gasteiger partial charge in [0.25, 0.3) is 5.91 Å². The number of rotatable bonds is 8. The number of hydrogen-bond donors (Lipinski definition) is 3. The van der Waals surface area contributed by atoms with E-state index in [2.05, 4.69) is 15.8 Å². The molecule has 0 spiro atoms. The third-order valence-corrected chi connectivity index (χ3v) is 4.38. The van der Waals surface area contributed by atoms with Crippen LogP contribution in [0.4, 0.5) is 0 Å². The first-order valence-corrected chi connectivity index (χ1v) is 9.50. The van der Waals surface area contributed by atoms with E-state index < -0.39 is 11.8 Å². The summed E-state index contributed by atoms with van der Waals surface area (Å²) in [6.45, 7) is 2.64. The topological polar surface area (TPSA) is 100 Å². The molecule has 3 aromatic rings. The second-order valence-electron chi connectivity index (χ2n) is 6.55. The van der Waals surface area contributed by atoms with Gasteiger partial charge in [0.2, 0.25) is 5.91 Å². The lowest BCUT2D eigenvalue weighted by Gasteiger charge is -2.07. The fourth-order valence-corrected chi connectivity index (χ4v) is 2.84. The summed E-state index contributed by atoms with van der Waals surface area (Å²) in [7, 11) is 0. The van der Waals surface area contributed by atoms with E-state index in [1.54, 1.807) is 30.5 Å². The Balaban J connectivity index is 1.46. The first kappa shape index (κ1) is 20.1. The summed E-state index contributed by atoms with van der Waals surface area (Å²) in [5.41, 5.74) is 6.52. The molecule has 150 valence electrons. The molecule has 3 N–H and O–H groups in total. The molecule has 2 amide bonds. The number of fused-ring (bicyclic) bond motifs is 1. The summed E-state index contributed by atoms with van der Waals surface area (Å²) in [4.78, 5) is 39.5. The molecule has 0 aliphatic carbocycles. The third-order valence-electron chi connectivity index (χ3n) is 4.38. The fourth-order valence-electron chi connectivity index (χ4n) is 2.84. The Morgan fingerprint density at radius 2 is 1.72 bits per heavy atom. The van der Waals surface area contributed by atoms with E-state index in [4.69, 9.17) is 4.74 Å². The van der Waals surface area contributed by atoms with Gasteiger partial charge in [0.05, 0.1) is 12.2 Å². The summed E-state index contributed by atoms with van der Waals surface area (Å²) < 4.78 is 5.48. The summed E-state index contributed by atoms with van der Waals surface area (Å²) in [6.07, 6.45) is 2.52. The highest BCUT2D eigenvalue weighted by atomic mass is 16.5. The Hall–Kier alpha value is -3.61. The lowest BCUT2D eigenvalue weighted by atomic mass is 10.1. The van der Waals surface area contributed by atoms with Crippen molar-refractivity contribution < 1.29 is 19.1 Å². The van der Waals surface area contributed by atoms with Crippen LogP contribution in [0, 0.1) is 0 Å². The van der Waals surface area contributed by atoms with E-state index in [1.807, 2.05) is 31.2 Å². The van der Waals surface area contributed by atoms with Gasteiger partial charge in [-0.25, -0.2) is 0 Å². The zero-order valence-corrected chi connectivity index (χ0v) is 16.2. The van der Waals surface area contributed by atoms with Crippen molar-refractivity contribution in [2.45, 2.75) is 26.2 Å². The van der Waals surface area contributed by atoms with Crippen LogP contribution in [0.15, 0.2) is 54.7 Å². The number of hydrazine groups is 1. The van der Waals surface area contributed by atoms with Crippen LogP contribution in [-0.4, -0.2) is 29.2 Å². The van der Waals surface area contributed by atoms with Crippen molar-refractivity contribution in [2.75, 3.05) is 6.61 Å². The van der Waals surface area contributed by atoms with Crippen molar-refractivity contribution in [3.05, 3.63) is 65.9 Å². The maximum Gasteiger partial charge on any atom is 0.271 e. The van der Waals surface area contributed by atoms with Crippen molar-refractivity contribution in [3.63, 3.8) is 0 Å². The zero-order chi connectivity index (χ0) is 20.6. The molecule has 0 bridgehead atoms. The van der Waals surface area contributed by atoms with Gasteiger partial charge in [-0.15, -0.1) is 0 Å². The lowest BCUT2D eigenvalue weighted by Crippen LogP contribution is -2.41. The number of para-hydroxylation sites is 1. The van der Waals surface area contributed by atoms with E-state index >= 15 is 0 Å². The summed E-state index contributed by atoms with van der Waals surface area (Å²) in [5.74, 6) is -0.300. The largest absolute Gasteiger partial charge is 0.494 e. The molecule has 1 aromatic heterocycles. The second kappa shape index (κ2) is 9.54. The zero-order valence-electron chi connectivity index (χ0n) is 16.2. The average molecular weight is 393 g/mol. The Morgan fingerprint density at radius 3 is 2.48 bits per heavy atom. The van der Waals surface area contributed by atoms with Gasteiger partial charge in [-0.1, -0.05) is 25.1 Å². The van der Waals surface area contributed by atoms with Crippen molar-refractivity contribution in [1.82, 2.24) is 15.8 Å². The molecule has 0 aliphatic heterocycles. The first-order chi connectivity index (χ1) is 14.1. The van der Waals surface area contributed by atoms with Crippen LogP contribution < -0.4 is 15.6 Å². The predicted octanol–water partition coefficient (Wildman–Crippen LogP) is 3.38. The molecule has 7 nitrogen and oxygen atoms in total. The van der Waals surface area contributed by atoms with E-state index in [9.17, 15) is 14.4 Å². The van der Waals surface area contributed by atoms with Gasteiger partial charge in [0.15, 0.2) is 5.78 Å². The van der Waals surface area contributed by atoms with Crippen LogP contribution in [0.25, 0.3) is 10.9 Å². The monoisotopic (exact) mass is 393 g/mol. The van der Waals surface area contributed by atoms with Crippen LogP contribution in [0.3, 0.4) is 0 Å². The minimum absolute atomic E-state index is 0.0267. The Morgan fingerprint density at radius 1 is 0.966 bits per heavy atom. The highest BCUT2D eigenvalue weighted by Gasteiger charge is 2.14. The molecule has 0 fully saturated rings. The van der Waals surface area contributed by atoms with Crippen molar-refractivity contribution in [1.29, 1.82) is 0 Å². The molecule has 1 heterocycles. The number of Topliss-reactive ketones (excluding diaryl/α,β-unsaturated/α-hetero) is 1. The number of carbonyl (C=O) groups is 3. The molecule has 0 atom stereocenters. The third kappa shape index (κ3) is 5.22. The molecule has 0 radical (unpaired) electrons. The number of benzene rings is 2. The van der Waals surface area contributed by atoms with Crippen LogP contribution >= 0.6 is 0 Å². The average Bonchev–Trinajstić information content (AvgIpc) is 3.19. The fraction of sp³-hybridized carbons (Fsp3) is 0.227. The molecule has 2 aromatic carbocycles. The molecule has 0 aliphatic rings. The van der Waals surface area contributed by atoms with Gasteiger partial charge in [0.1, 0.15) is 5.75 Å². The normalized spacial score (nSPS) is 10.5. The van der Waals surface area contributed by atoms with Gasteiger partial charge in [-0.3, -0.25) is 25.2 Å². The molecular weight excluding hydrogens is 370 g/mol. The number of amides is 2. The number of ether oxygens (including phenoxy) is 1. The number of carbonyl (C=O) groups excluding carboxylic acids is 3. The van der Waals surface area contributed by atoms with Crippen LogP contribution in [0.1, 0.15) is 46.9 Å². The second-order valence-corrected chi connectivity index (χ2v) is 6.55. The highest BCUT2D eigenvalue weighted by Crippen LogP contribution is 2.17. The predicted molar refractivity (Wildman–Crippen MR) is 110 cm³/mol. The van der Waals surface area contributed by atoms with E-state index in [1.165, 1.54) is 0 Å². The molecule has 3 rings (SSSR count). The minimum Gasteiger partial charge on any atom is -0.494 e. The summed E-state index contributed by atoms with van der Waals surface area (Å²) >= 11 is 0. The van der Waals surface area contributed by atoms with Crippen LogP contribution in [0.2, 0.25) is 0 Å². The highest BCUT2D eigenvalue weighted by molar-refractivity contribution is 6.07. The van der Waals surface area contributed by atoms with E-state index in [0.29, 0.717) is 23.5 Å². The van der Waals surface area contributed by atoms with Gasteiger partial charge >= 0.3 is 0 Å².